The third-order valence-electron chi connectivity index (χ3n) is 5.10. The molecule has 0 spiro atoms. The van der Waals surface area contributed by atoms with E-state index in [1.807, 2.05) is 50.2 Å². The lowest BCUT2D eigenvalue weighted by molar-refractivity contribution is 0.0533. The second-order valence-electron chi connectivity index (χ2n) is 7.88. The number of aliphatic hydroxyl groups is 4. The second kappa shape index (κ2) is 10.1. The van der Waals surface area contributed by atoms with Gasteiger partial charge in [-0.05, 0) is 48.2 Å². The minimum atomic E-state index is -0.919. The van der Waals surface area contributed by atoms with E-state index in [9.17, 15) is 10.2 Å². The number of rotatable bonds is 10. The predicted octanol–water partition coefficient (Wildman–Crippen LogP) is 2.09. The van der Waals surface area contributed by atoms with Crippen molar-refractivity contribution in [1.82, 2.24) is 0 Å². The van der Waals surface area contributed by atoms with Crippen LogP contribution in [0.15, 0.2) is 36.4 Å². The van der Waals surface area contributed by atoms with Crippen molar-refractivity contribution in [2.45, 2.75) is 45.3 Å². The first kappa shape index (κ1) is 23.2. The van der Waals surface area contributed by atoms with Gasteiger partial charge in [0, 0.05) is 5.41 Å². The van der Waals surface area contributed by atoms with Crippen LogP contribution in [-0.2, 0) is 5.41 Å². The Bertz CT molecular complexity index is 736. The van der Waals surface area contributed by atoms with E-state index in [-0.39, 0.29) is 31.8 Å². The lowest BCUT2D eigenvalue weighted by Gasteiger charge is -2.28. The average molecular weight is 405 g/mol. The molecule has 0 fully saturated rings. The minimum absolute atomic E-state index is 0.0247. The molecular formula is C23H32O6. The van der Waals surface area contributed by atoms with Gasteiger partial charge in [-0.3, -0.25) is 0 Å². The Morgan fingerprint density at radius 1 is 0.759 bits per heavy atom. The summed E-state index contributed by atoms with van der Waals surface area (Å²) in [6, 6.07) is 11.9. The summed E-state index contributed by atoms with van der Waals surface area (Å²) in [5.41, 5.74) is 3.59. The molecule has 0 aliphatic rings. The molecule has 4 N–H and O–H groups in total. The third-order valence-corrected chi connectivity index (χ3v) is 5.10. The van der Waals surface area contributed by atoms with Crippen molar-refractivity contribution >= 4 is 0 Å². The minimum Gasteiger partial charge on any atom is -0.491 e. The van der Waals surface area contributed by atoms with Gasteiger partial charge in [-0.2, -0.15) is 0 Å². The summed E-state index contributed by atoms with van der Waals surface area (Å²) in [4.78, 5) is 0. The Balaban J connectivity index is 2.29. The van der Waals surface area contributed by atoms with Gasteiger partial charge >= 0.3 is 0 Å². The molecule has 29 heavy (non-hydrogen) atoms. The van der Waals surface area contributed by atoms with E-state index in [2.05, 4.69) is 13.8 Å². The van der Waals surface area contributed by atoms with Crippen LogP contribution in [0.4, 0.5) is 0 Å². The van der Waals surface area contributed by atoms with E-state index in [1.165, 1.54) is 0 Å². The molecule has 0 saturated carbocycles. The van der Waals surface area contributed by atoms with E-state index >= 15 is 0 Å². The predicted molar refractivity (Wildman–Crippen MR) is 112 cm³/mol. The first-order valence-electron chi connectivity index (χ1n) is 9.74. The maximum atomic E-state index is 9.56. The number of ether oxygens (including phenoxy) is 2. The summed E-state index contributed by atoms with van der Waals surface area (Å²) < 4.78 is 11.4. The maximum absolute atomic E-state index is 9.56. The fraction of sp³-hybridized carbons (Fsp3) is 0.478. The highest BCUT2D eigenvalue weighted by atomic mass is 16.5. The van der Waals surface area contributed by atoms with Gasteiger partial charge in [0.15, 0.2) is 0 Å². The molecule has 0 saturated heterocycles. The van der Waals surface area contributed by atoms with Crippen LogP contribution in [0.5, 0.6) is 11.5 Å². The zero-order valence-corrected chi connectivity index (χ0v) is 17.6. The van der Waals surface area contributed by atoms with Gasteiger partial charge in [0.1, 0.15) is 36.9 Å². The fourth-order valence-electron chi connectivity index (χ4n) is 2.93. The molecule has 2 unspecified atom stereocenters. The summed E-state index contributed by atoms with van der Waals surface area (Å²) in [6.45, 7) is 7.42. The van der Waals surface area contributed by atoms with Gasteiger partial charge in [0.05, 0.1) is 13.2 Å². The van der Waals surface area contributed by atoms with Crippen molar-refractivity contribution < 1.29 is 29.9 Å². The highest BCUT2D eigenvalue weighted by Crippen LogP contribution is 2.36. The third kappa shape index (κ3) is 5.93. The summed E-state index contributed by atoms with van der Waals surface area (Å²) >= 11 is 0. The van der Waals surface area contributed by atoms with Crippen molar-refractivity contribution in [3.05, 3.63) is 58.7 Å². The Hall–Kier alpha value is -2.12. The van der Waals surface area contributed by atoms with Gasteiger partial charge in [-0.1, -0.05) is 38.1 Å². The molecule has 0 radical (unpaired) electrons. The lowest BCUT2D eigenvalue weighted by Crippen LogP contribution is -2.23. The zero-order valence-electron chi connectivity index (χ0n) is 17.6. The fourth-order valence-corrected chi connectivity index (χ4v) is 2.93. The van der Waals surface area contributed by atoms with Crippen LogP contribution in [0.1, 0.15) is 36.1 Å². The molecule has 0 aromatic heterocycles. The smallest absolute Gasteiger partial charge is 0.122 e. The van der Waals surface area contributed by atoms with Crippen LogP contribution in [0, 0.1) is 13.8 Å². The lowest BCUT2D eigenvalue weighted by atomic mass is 9.77. The Labute approximate surface area is 172 Å². The van der Waals surface area contributed by atoms with Crippen molar-refractivity contribution in [1.29, 1.82) is 0 Å². The number of aliphatic hydroxyl groups excluding tert-OH is 4. The van der Waals surface area contributed by atoms with Crippen LogP contribution in [0.25, 0.3) is 0 Å². The average Bonchev–Trinajstić information content (AvgIpc) is 2.71. The van der Waals surface area contributed by atoms with Crippen molar-refractivity contribution in [3.8, 4) is 11.5 Å². The quantitative estimate of drug-likeness (QED) is 0.484. The van der Waals surface area contributed by atoms with Crippen LogP contribution in [0.2, 0.25) is 0 Å². The number of hydrogen-bond acceptors (Lipinski definition) is 6. The molecule has 0 aliphatic heterocycles. The Morgan fingerprint density at radius 3 is 1.48 bits per heavy atom. The van der Waals surface area contributed by atoms with Crippen LogP contribution >= 0.6 is 0 Å². The molecule has 2 atom stereocenters. The largest absolute Gasteiger partial charge is 0.491 e. The molecule has 160 valence electrons. The molecule has 0 heterocycles. The standard InChI is InChI=1S/C23H32O6/c1-15-5-7-17(9-21(15)28-13-19(26)11-24)23(3,4)18-8-6-16(2)22(10-18)29-14-20(27)12-25/h5-10,19-20,24-27H,11-14H2,1-4H3. The van der Waals surface area contributed by atoms with E-state index in [4.69, 9.17) is 19.7 Å². The van der Waals surface area contributed by atoms with E-state index in [1.54, 1.807) is 0 Å². The van der Waals surface area contributed by atoms with Crippen LogP contribution in [0.3, 0.4) is 0 Å². The summed E-state index contributed by atoms with van der Waals surface area (Å²) in [6.07, 6.45) is -1.84. The molecular weight excluding hydrogens is 372 g/mol. The van der Waals surface area contributed by atoms with E-state index < -0.39 is 12.2 Å². The van der Waals surface area contributed by atoms with Crippen molar-refractivity contribution in [2.75, 3.05) is 26.4 Å². The molecule has 2 aromatic rings. The molecule has 6 nitrogen and oxygen atoms in total. The van der Waals surface area contributed by atoms with Crippen molar-refractivity contribution in [3.63, 3.8) is 0 Å². The Kier molecular flexibility index (Phi) is 8.05. The second-order valence-corrected chi connectivity index (χ2v) is 7.88. The SMILES string of the molecule is Cc1ccc(C(C)(C)c2ccc(C)c(OCC(O)CO)c2)cc1OCC(O)CO. The topological polar surface area (TPSA) is 99.4 Å². The Morgan fingerprint density at radius 2 is 1.14 bits per heavy atom. The first-order chi connectivity index (χ1) is 13.7. The van der Waals surface area contributed by atoms with Crippen LogP contribution < -0.4 is 9.47 Å². The maximum Gasteiger partial charge on any atom is 0.122 e. The highest BCUT2D eigenvalue weighted by molar-refractivity contribution is 5.47. The van der Waals surface area contributed by atoms with Gasteiger partial charge in [-0.15, -0.1) is 0 Å². The van der Waals surface area contributed by atoms with Gasteiger partial charge in [-0.25, -0.2) is 0 Å². The molecule has 0 amide bonds. The van der Waals surface area contributed by atoms with Crippen molar-refractivity contribution in [2.24, 2.45) is 0 Å². The van der Waals surface area contributed by atoms with Crippen LogP contribution in [-0.4, -0.2) is 59.1 Å². The molecule has 2 aromatic carbocycles. The summed E-state index contributed by atoms with van der Waals surface area (Å²) in [7, 11) is 0. The first-order valence-corrected chi connectivity index (χ1v) is 9.74. The summed E-state index contributed by atoms with van der Waals surface area (Å²) in [5, 5.41) is 37.1. The number of benzene rings is 2. The van der Waals surface area contributed by atoms with Gasteiger partial charge in [0.2, 0.25) is 0 Å². The molecule has 6 heteroatoms. The van der Waals surface area contributed by atoms with Gasteiger partial charge < -0.3 is 29.9 Å². The zero-order chi connectivity index (χ0) is 21.6. The summed E-state index contributed by atoms with van der Waals surface area (Å²) in [5.74, 6) is 1.33. The van der Waals surface area contributed by atoms with Gasteiger partial charge in [0.25, 0.3) is 0 Å². The van der Waals surface area contributed by atoms with E-state index in [0.717, 1.165) is 22.3 Å². The number of hydrogen-bond donors (Lipinski definition) is 4. The molecule has 2 rings (SSSR count). The van der Waals surface area contributed by atoms with E-state index in [0.29, 0.717) is 11.5 Å². The number of aryl methyl sites for hydroxylation is 2. The molecule has 0 aliphatic carbocycles. The monoisotopic (exact) mass is 404 g/mol. The highest BCUT2D eigenvalue weighted by Gasteiger charge is 2.25. The normalized spacial score (nSPS) is 13.8. The molecule has 0 bridgehead atoms.